The molecule has 0 bridgehead atoms. The third-order valence-corrected chi connectivity index (χ3v) is 3.08. The van der Waals surface area contributed by atoms with Crippen LogP contribution in [-0.2, 0) is 4.79 Å². The van der Waals surface area contributed by atoms with Crippen LogP contribution in [0, 0.1) is 5.92 Å². The fourth-order valence-corrected chi connectivity index (χ4v) is 1.99. The van der Waals surface area contributed by atoms with E-state index in [0.29, 0.717) is 11.3 Å². The van der Waals surface area contributed by atoms with Crippen molar-refractivity contribution in [2.45, 2.75) is 19.3 Å². The number of amides is 2. The first-order valence-corrected chi connectivity index (χ1v) is 6.02. The van der Waals surface area contributed by atoms with Crippen molar-refractivity contribution in [3.05, 3.63) is 42.0 Å². The molecule has 1 atom stereocenters. The lowest BCUT2D eigenvalue weighted by atomic mass is 9.93. The van der Waals surface area contributed by atoms with Crippen LogP contribution in [-0.4, -0.2) is 11.8 Å². The lowest BCUT2D eigenvalue weighted by Crippen LogP contribution is -2.23. The Labute approximate surface area is 106 Å². The van der Waals surface area contributed by atoms with Crippen molar-refractivity contribution in [1.29, 1.82) is 0 Å². The van der Waals surface area contributed by atoms with E-state index >= 15 is 0 Å². The summed E-state index contributed by atoms with van der Waals surface area (Å²) in [6.45, 7) is 0. The van der Waals surface area contributed by atoms with Crippen molar-refractivity contribution in [1.82, 2.24) is 0 Å². The Morgan fingerprint density at radius 1 is 1.17 bits per heavy atom. The molecule has 1 aromatic rings. The lowest BCUT2D eigenvalue weighted by Gasteiger charge is -2.17. The highest BCUT2D eigenvalue weighted by molar-refractivity contribution is 5.95. The van der Waals surface area contributed by atoms with Crippen LogP contribution in [0.1, 0.15) is 29.6 Å². The van der Waals surface area contributed by atoms with E-state index in [2.05, 4.69) is 11.4 Å². The van der Waals surface area contributed by atoms with Crippen molar-refractivity contribution in [3.63, 3.8) is 0 Å². The van der Waals surface area contributed by atoms with Gasteiger partial charge in [-0.1, -0.05) is 12.2 Å². The monoisotopic (exact) mass is 244 g/mol. The molecule has 0 radical (unpaired) electrons. The summed E-state index contributed by atoms with van der Waals surface area (Å²) in [4.78, 5) is 22.9. The summed E-state index contributed by atoms with van der Waals surface area (Å²) in [7, 11) is 0. The average molecular weight is 244 g/mol. The van der Waals surface area contributed by atoms with Crippen LogP contribution < -0.4 is 11.1 Å². The van der Waals surface area contributed by atoms with Crippen molar-refractivity contribution in [3.8, 4) is 0 Å². The zero-order valence-corrected chi connectivity index (χ0v) is 10.1. The third-order valence-electron chi connectivity index (χ3n) is 3.08. The van der Waals surface area contributed by atoms with Gasteiger partial charge in [0.2, 0.25) is 11.8 Å². The van der Waals surface area contributed by atoms with Crippen molar-refractivity contribution >= 4 is 17.5 Å². The van der Waals surface area contributed by atoms with Gasteiger partial charge in [-0.25, -0.2) is 0 Å². The predicted octanol–water partition coefficient (Wildman–Crippen LogP) is 2.08. The first-order valence-electron chi connectivity index (χ1n) is 6.02. The second-order valence-corrected chi connectivity index (χ2v) is 4.41. The molecule has 4 nitrogen and oxygen atoms in total. The summed E-state index contributed by atoms with van der Waals surface area (Å²) < 4.78 is 0. The molecule has 4 heteroatoms. The molecule has 0 heterocycles. The molecule has 0 fully saturated rings. The van der Waals surface area contributed by atoms with Crippen molar-refractivity contribution in [2.24, 2.45) is 11.7 Å². The zero-order valence-electron chi connectivity index (χ0n) is 10.1. The first-order chi connectivity index (χ1) is 8.66. The number of nitrogens with one attached hydrogen (secondary N) is 1. The maximum atomic E-state index is 11.9. The van der Waals surface area contributed by atoms with Crippen LogP contribution in [0.2, 0.25) is 0 Å². The predicted molar refractivity (Wildman–Crippen MR) is 70.1 cm³/mol. The fraction of sp³-hybridized carbons (Fsp3) is 0.286. The number of primary amides is 1. The van der Waals surface area contributed by atoms with E-state index < -0.39 is 5.91 Å². The normalized spacial score (nSPS) is 18.3. The van der Waals surface area contributed by atoms with E-state index in [1.54, 1.807) is 24.3 Å². The first kappa shape index (κ1) is 12.4. The van der Waals surface area contributed by atoms with Crippen LogP contribution in [0.15, 0.2) is 36.4 Å². The Kier molecular flexibility index (Phi) is 3.77. The molecule has 1 aliphatic carbocycles. The number of carbonyl (C=O) groups is 2. The summed E-state index contributed by atoms with van der Waals surface area (Å²) in [5.74, 6) is -0.387. The molecule has 0 aliphatic heterocycles. The van der Waals surface area contributed by atoms with Gasteiger partial charge in [0.15, 0.2) is 0 Å². The Morgan fingerprint density at radius 3 is 2.44 bits per heavy atom. The molecule has 1 aromatic carbocycles. The topological polar surface area (TPSA) is 72.2 Å². The average Bonchev–Trinajstić information content (AvgIpc) is 2.40. The van der Waals surface area contributed by atoms with Gasteiger partial charge in [-0.2, -0.15) is 0 Å². The molecule has 94 valence electrons. The minimum absolute atomic E-state index is 0.0335. The Morgan fingerprint density at radius 2 is 1.89 bits per heavy atom. The second kappa shape index (κ2) is 5.49. The summed E-state index contributed by atoms with van der Waals surface area (Å²) in [5.41, 5.74) is 6.28. The van der Waals surface area contributed by atoms with Gasteiger partial charge in [-0.15, -0.1) is 0 Å². The largest absolute Gasteiger partial charge is 0.366 e. The van der Waals surface area contributed by atoms with Crippen LogP contribution in [0.4, 0.5) is 5.69 Å². The summed E-state index contributed by atoms with van der Waals surface area (Å²) >= 11 is 0. The minimum atomic E-state index is -0.467. The number of anilines is 1. The molecule has 18 heavy (non-hydrogen) atoms. The second-order valence-electron chi connectivity index (χ2n) is 4.41. The van der Waals surface area contributed by atoms with Crippen LogP contribution in [0.25, 0.3) is 0 Å². The summed E-state index contributed by atoms with van der Waals surface area (Å²) in [6, 6.07) is 6.60. The van der Waals surface area contributed by atoms with Crippen LogP contribution in [0.3, 0.4) is 0 Å². The van der Waals surface area contributed by atoms with E-state index in [9.17, 15) is 9.59 Å². The maximum absolute atomic E-state index is 11.9. The SMILES string of the molecule is NC(=O)c1ccc(NC(=O)C2CC=CCC2)cc1. The zero-order chi connectivity index (χ0) is 13.0. The Bertz CT molecular complexity index is 477. The molecule has 2 amide bonds. The highest BCUT2D eigenvalue weighted by Gasteiger charge is 2.18. The molecule has 1 aliphatic rings. The van der Waals surface area contributed by atoms with E-state index in [4.69, 9.17) is 5.73 Å². The van der Waals surface area contributed by atoms with Gasteiger partial charge in [-0.3, -0.25) is 9.59 Å². The Hall–Kier alpha value is -2.10. The van der Waals surface area contributed by atoms with Gasteiger partial charge in [0.1, 0.15) is 0 Å². The van der Waals surface area contributed by atoms with Crippen molar-refractivity contribution in [2.75, 3.05) is 5.32 Å². The van der Waals surface area contributed by atoms with Crippen LogP contribution >= 0.6 is 0 Å². The fourth-order valence-electron chi connectivity index (χ4n) is 1.99. The number of hydrogen-bond donors (Lipinski definition) is 2. The number of benzene rings is 1. The smallest absolute Gasteiger partial charge is 0.248 e. The molecule has 0 spiro atoms. The molecular weight excluding hydrogens is 228 g/mol. The highest BCUT2D eigenvalue weighted by Crippen LogP contribution is 2.20. The van der Waals surface area contributed by atoms with Crippen molar-refractivity contribution < 1.29 is 9.59 Å². The maximum Gasteiger partial charge on any atom is 0.248 e. The van der Waals surface area contributed by atoms with E-state index in [-0.39, 0.29) is 11.8 Å². The van der Waals surface area contributed by atoms with Gasteiger partial charge in [0.05, 0.1) is 0 Å². The lowest BCUT2D eigenvalue weighted by molar-refractivity contribution is -0.120. The minimum Gasteiger partial charge on any atom is -0.366 e. The molecule has 0 aromatic heterocycles. The quantitative estimate of drug-likeness (QED) is 0.799. The van der Waals surface area contributed by atoms with Gasteiger partial charge in [-0.05, 0) is 43.5 Å². The van der Waals surface area contributed by atoms with Gasteiger partial charge < -0.3 is 11.1 Å². The number of nitrogens with two attached hydrogens (primary N) is 1. The van der Waals surface area contributed by atoms with E-state index in [0.717, 1.165) is 19.3 Å². The highest BCUT2D eigenvalue weighted by atomic mass is 16.2. The molecule has 0 saturated heterocycles. The molecule has 3 N–H and O–H groups in total. The number of hydrogen-bond acceptors (Lipinski definition) is 2. The summed E-state index contributed by atoms with van der Waals surface area (Å²) in [5, 5.41) is 2.85. The Balaban J connectivity index is 1.98. The molecule has 0 saturated carbocycles. The standard InChI is InChI=1S/C14H16N2O2/c15-13(17)10-6-8-12(9-7-10)16-14(18)11-4-2-1-3-5-11/h1-2,6-9,11H,3-5H2,(H2,15,17)(H,16,18). The number of carbonyl (C=O) groups excluding carboxylic acids is 2. The molecular formula is C14H16N2O2. The summed E-state index contributed by atoms with van der Waals surface area (Å²) in [6.07, 6.45) is 6.79. The third kappa shape index (κ3) is 2.97. The van der Waals surface area contributed by atoms with E-state index in [1.807, 2.05) is 6.08 Å². The number of allylic oxidation sites excluding steroid dienone is 2. The van der Waals surface area contributed by atoms with Gasteiger partial charge in [0.25, 0.3) is 0 Å². The van der Waals surface area contributed by atoms with E-state index in [1.165, 1.54) is 0 Å². The van der Waals surface area contributed by atoms with Gasteiger partial charge in [0, 0.05) is 17.2 Å². The molecule has 2 rings (SSSR count). The van der Waals surface area contributed by atoms with Gasteiger partial charge >= 0.3 is 0 Å². The van der Waals surface area contributed by atoms with Crippen LogP contribution in [0.5, 0.6) is 0 Å². The number of rotatable bonds is 3. The molecule has 1 unspecified atom stereocenters.